The Bertz CT molecular complexity index is 643. The van der Waals surface area contributed by atoms with Gasteiger partial charge in [-0.3, -0.25) is 0 Å². The molecule has 0 saturated heterocycles. The lowest BCUT2D eigenvalue weighted by Gasteiger charge is -2.17. The van der Waals surface area contributed by atoms with Gasteiger partial charge in [0.1, 0.15) is 11.6 Å². The van der Waals surface area contributed by atoms with E-state index in [-0.39, 0.29) is 5.82 Å². The van der Waals surface area contributed by atoms with Gasteiger partial charge < -0.3 is 4.74 Å². The first-order chi connectivity index (χ1) is 9.45. The molecule has 106 valence electrons. The van der Waals surface area contributed by atoms with E-state index in [0.29, 0.717) is 16.9 Å². The molecule has 20 heavy (non-hydrogen) atoms. The molecule has 2 rings (SSSR count). The minimum Gasteiger partial charge on any atom is -0.496 e. The highest BCUT2D eigenvalue weighted by molar-refractivity contribution is 9.10. The average Bonchev–Trinajstić information content (AvgIpc) is 2.43. The van der Waals surface area contributed by atoms with Gasteiger partial charge in [-0.25, -0.2) is 4.39 Å². The van der Waals surface area contributed by atoms with E-state index in [1.807, 2.05) is 19.1 Å². The maximum absolute atomic E-state index is 14.2. The predicted molar refractivity (Wildman–Crippen MR) is 84.3 cm³/mol. The van der Waals surface area contributed by atoms with Gasteiger partial charge in [0.05, 0.1) is 12.5 Å². The first kappa shape index (κ1) is 15.3. The van der Waals surface area contributed by atoms with Crippen LogP contribution in [0.4, 0.5) is 4.39 Å². The van der Waals surface area contributed by atoms with E-state index in [1.54, 1.807) is 32.2 Å². The Morgan fingerprint density at radius 2 is 1.85 bits per heavy atom. The van der Waals surface area contributed by atoms with Gasteiger partial charge in [-0.2, -0.15) is 0 Å². The van der Waals surface area contributed by atoms with Crippen molar-refractivity contribution in [3.05, 3.63) is 62.9 Å². The molecule has 0 radical (unpaired) electrons. The van der Waals surface area contributed by atoms with E-state index in [2.05, 4.69) is 15.9 Å². The van der Waals surface area contributed by atoms with Gasteiger partial charge in [0, 0.05) is 15.6 Å². The first-order valence-electron chi connectivity index (χ1n) is 6.18. The summed E-state index contributed by atoms with van der Waals surface area (Å²) in [6.45, 7) is 3.69. The molecule has 0 fully saturated rings. The molecule has 2 aromatic rings. The lowest BCUT2D eigenvalue weighted by molar-refractivity contribution is 0.409. The fraction of sp³-hybridized carbons (Fsp3) is 0.250. The van der Waals surface area contributed by atoms with Crippen LogP contribution in [0.3, 0.4) is 0 Å². The summed E-state index contributed by atoms with van der Waals surface area (Å²) in [5.74, 6) is 0.387. The fourth-order valence-corrected chi connectivity index (χ4v) is 2.78. The van der Waals surface area contributed by atoms with Crippen molar-refractivity contribution in [2.24, 2.45) is 0 Å². The molecule has 0 amide bonds. The van der Waals surface area contributed by atoms with E-state index in [9.17, 15) is 4.39 Å². The van der Waals surface area contributed by atoms with Crippen molar-refractivity contribution in [2.75, 3.05) is 7.11 Å². The zero-order chi connectivity index (χ0) is 14.9. The molecule has 0 saturated carbocycles. The number of alkyl halides is 1. The van der Waals surface area contributed by atoms with Crippen LogP contribution >= 0.6 is 27.5 Å². The number of hydrogen-bond donors (Lipinski definition) is 0. The lowest BCUT2D eigenvalue weighted by atomic mass is 10.00. The van der Waals surface area contributed by atoms with Crippen LogP contribution < -0.4 is 4.74 Å². The zero-order valence-corrected chi connectivity index (χ0v) is 13.8. The van der Waals surface area contributed by atoms with Crippen molar-refractivity contribution in [1.29, 1.82) is 0 Å². The molecule has 1 unspecified atom stereocenters. The third-order valence-electron chi connectivity index (χ3n) is 3.28. The predicted octanol–water partition coefficient (Wildman–Crippen LogP) is 5.54. The highest BCUT2D eigenvalue weighted by atomic mass is 79.9. The Morgan fingerprint density at radius 3 is 2.50 bits per heavy atom. The normalized spacial score (nSPS) is 12.3. The van der Waals surface area contributed by atoms with Crippen LogP contribution in [0.1, 0.15) is 27.6 Å². The number of ether oxygens (including phenoxy) is 1. The summed E-state index contributed by atoms with van der Waals surface area (Å²) in [5.41, 5.74) is 2.83. The highest BCUT2D eigenvalue weighted by Gasteiger charge is 2.21. The number of halogens is 3. The summed E-state index contributed by atoms with van der Waals surface area (Å²) in [4.78, 5) is 0. The smallest absolute Gasteiger partial charge is 0.131 e. The standard InChI is InChI=1S/C16H15BrClFO/c1-9-5-4-6-11(16(9)19)15(18)12-8-13(17)10(2)7-14(12)20-3/h4-8,15H,1-3H3. The fourth-order valence-electron chi connectivity index (χ4n) is 2.08. The van der Waals surface area contributed by atoms with Crippen LogP contribution in [0.2, 0.25) is 0 Å². The Balaban J connectivity index is 2.55. The van der Waals surface area contributed by atoms with Crippen molar-refractivity contribution in [3.8, 4) is 5.75 Å². The molecule has 0 heterocycles. The van der Waals surface area contributed by atoms with E-state index in [4.69, 9.17) is 16.3 Å². The largest absolute Gasteiger partial charge is 0.496 e. The van der Waals surface area contributed by atoms with Crippen LogP contribution in [0.15, 0.2) is 34.8 Å². The Hall–Kier alpha value is -1.06. The van der Waals surface area contributed by atoms with E-state index < -0.39 is 5.38 Å². The molecule has 0 aliphatic carbocycles. The summed E-state index contributed by atoms with van der Waals surface area (Å²) < 4.78 is 20.5. The maximum Gasteiger partial charge on any atom is 0.131 e. The molecule has 0 aromatic heterocycles. The van der Waals surface area contributed by atoms with Gasteiger partial charge in [0.2, 0.25) is 0 Å². The monoisotopic (exact) mass is 356 g/mol. The van der Waals surface area contributed by atoms with Crippen LogP contribution in [-0.4, -0.2) is 7.11 Å². The van der Waals surface area contributed by atoms with E-state index in [0.717, 1.165) is 15.6 Å². The summed E-state index contributed by atoms with van der Waals surface area (Å²) in [5, 5.41) is -0.596. The van der Waals surface area contributed by atoms with Crippen molar-refractivity contribution < 1.29 is 9.13 Å². The number of benzene rings is 2. The minimum atomic E-state index is -0.596. The molecular formula is C16H15BrClFO. The molecule has 0 bridgehead atoms. The first-order valence-corrected chi connectivity index (χ1v) is 7.41. The van der Waals surface area contributed by atoms with Crippen LogP contribution in [0, 0.1) is 19.7 Å². The van der Waals surface area contributed by atoms with Gasteiger partial charge >= 0.3 is 0 Å². The SMILES string of the molecule is COc1cc(C)c(Br)cc1C(Cl)c1cccc(C)c1F. The molecule has 1 nitrogen and oxygen atoms in total. The van der Waals surface area contributed by atoms with Crippen LogP contribution in [-0.2, 0) is 0 Å². The summed E-state index contributed by atoms with van der Waals surface area (Å²) in [7, 11) is 1.59. The number of methoxy groups -OCH3 is 1. The lowest BCUT2D eigenvalue weighted by Crippen LogP contribution is -2.02. The third-order valence-corrected chi connectivity index (χ3v) is 4.60. The maximum atomic E-state index is 14.2. The van der Waals surface area contributed by atoms with Crippen LogP contribution in [0.25, 0.3) is 0 Å². The van der Waals surface area contributed by atoms with Crippen molar-refractivity contribution in [2.45, 2.75) is 19.2 Å². The van der Waals surface area contributed by atoms with Crippen molar-refractivity contribution in [1.82, 2.24) is 0 Å². The molecular weight excluding hydrogens is 343 g/mol. The quantitative estimate of drug-likeness (QED) is 0.655. The third kappa shape index (κ3) is 2.84. The summed E-state index contributed by atoms with van der Waals surface area (Å²) in [6, 6.07) is 9.01. The van der Waals surface area contributed by atoms with E-state index >= 15 is 0 Å². The van der Waals surface area contributed by atoms with Crippen molar-refractivity contribution >= 4 is 27.5 Å². The minimum absolute atomic E-state index is 0.272. The Kier molecular flexibility index (Phi) is 4.71. The molecule has 0 aliphatic rings. The average molecular weight is 358 g/mol. The van der Waals surface area contributed by atoms with Gasteiger partial charge in [-0.15, -0.1) is 11.6 Å². The Morgan fingerprint density at radius 1 is 1.15 bits per heavy atom. The molecule has 0 N–H and O–H groups in total. The zero-order valence-electron chi connectivity index (χ0n) is 11.5. The molecule has 1 atom stereocenters. The second-order valence-electron chi connectivity index (χ2n) is 4.68. The number of hydrogen-bond acceptors (Lipinski definition) is 1. The van der Waals surface area contributed by atoms with E-state index in [1.165, 1.54) is 0 Å². The van der Waals surface area contributed by atoms with Crippen molar-refractivity contribution in [3.63, 3.8) is 0 Å². The molecule has 0 spiro atoms. The second-order valence-corrected chi connectivity index (χ2v) is 5.97. The molecule has 4 heteroatoms. The second kappa shape index (κ2) is 6.15. The summed E-state index contributed by atoms with van der Waals surface area (Å²) in [6.07, 6.45) is 0. The van der Waals surface area contributed by atoms with Gasteiger partial charge in [-0.1, -0.05) is 34.1 Å². The topological polar surface area (TPSA) is 9.23 Å². The number of aryl methyl sites for hydroxylation is 2. The van der Waals surface area contributed by atoms with Gasteiger partial charge in [-0.05, 0) is 37.1 Å². The molecule has 2 aromatic carbocycles. The summed E-state index contributed by atoms with van der Waals surface area (Å²) >= 11 is 9.95. The Labute approximate surface area is 131 Å². The number of rotatable bonds is 3. The van der Waals surface area contributed by atoms with Gasteiger partial charge in [0.15, 0.2) is 0 Å². The van der Waals surface area contributed by atoms with Crippen LogP contribution in [0.5, 0.6) is 5.75 Å². The van der Waals surface area contributed by atoms with Gasteiger partial charge in [0.25, 0.3) is 0 Å². The highest BCUT2D eigenvalue weighted by Crippen LogP contribution is 2.39. The molecule has 0 aliphatic heterocycles.